The number of para-hydroxylation sites is 2. The number of carbonyl (C=O) groups is 1. The molecule has 0 saturated carbocycles. The average Bonchev–Trinajstić information content (AvgIpc) is 2.82. The van der Waals surface area contributed by atoms with E-state index in [9.17, 15) is 9.90 Å². The normalized spacial score (nSPS) is 14.3. The van der Waals surface area contributed by atoms with Crippen molar-refractivity contribution in [2.75, 3.05) is 6.54 Å². The van der Waals surface area contributed by atoms with Crippen LogP contribution in [0.1, 0.15) is 26.7 Å². The van der Waals surface area contributed by atoms with Crippen LogP contribution in [0.25, 0.3) is 11.0 Å². The van der Waals surface area contributed by atoms with Gasteiger partial charge in [0.25, 0.3) is 0 Å². The van der Waals surface area contributed by atoms with E-state index in [2.05, 4.69) is 14.9 Å². The lowest BCUT2D eigenvalue weighted by Crippen LogP contribution is -2.49. The van der Waals surface area contributed by atoms with Crippen LogP contribution < -0.4 is 5.32 Å². The largest absolute Gasteiger partial charge is 0.480 e. The highest BCUT2D eigenvalue weighted by molar-refractivity contribution is 5.78. The highest BCUT2D eigenvalue weighted by Crippen LogP contribution is 2.16. The molecular weight excluding hydrogens is 254 g/mol. The Morgan fingerprint density at radius 1 is 1.45 bits per heavy atom. The molecule has 0 fully saturated rings. The molecule has 1 atom stereocenters. The Morgan fingerprint density at radius 2 is 2.20 bits per heavy atom. The third-order valence-corrected chi connectivity index (χ3v) is 3.64. The number of nitrogens with one attached hydrogen (secondary N) is 1. The number of nitrogens with zero attached hydrogens (tertiary/aromatic N) is 2. The van der Waals surface area contributed by atoms with Crippen molar-refractivity contribution in [1.82, 2.24) is 14.9 Å². The predicted octanol–water partition coefficient (Wildman–Crippen LogP) is 2.27. The van der Waals surface area contributed by atoms with Crippen LogP contribution in [0.3, 0.4) is 0 Å². The molecule has 2 aromatic rings. The predicted molar refractivity (Wildman–Crippen MR) is 78.7 cm³/mol. The Morgan fingerprint density at radius 3 is 2.90 bits per heavy atom. The molecule has 1 heterocycles. The number of benzene rings is 1. The number of hydrogen-bond acceptors (Lipinski definition) is 3. The summed E-state index contributed by atoms with van der Waals surface area (Å²) in [5.74, 6) is -0.796. The minimum absolute atomic E-state index is 0.586. The average molecular weight is 275 g/mol. The van der Waals surface area contributed by atoms with Crippen LogP contribution in [0.5, 0.6) is 0 Å². The van der Waals surface area contributed by atoms with Gasteiger partial charge in [-0.1, -0.05) is 19.1 Å². The molecule has 1 aromatic carbocycles. The summed E-state index contributed by atoms with van der Waals surface area (Å²) in [6.45, 7) is 5.08. The topological polar surface area (TPSA) is 67.2 Å². The van der Waals surface area contributed by atoms with E-state index < -0.39 is 11.5 Å². The van der Waals surface area contributed by atoms with Gasteiger partial charge in [-0.25, -0.2) is 4.98 Å². The van der Waals surface area contributed by atoms with Gasteiger partial charge in [0.05, 0.1) is 17.4 Å². The van der Waals surface area contributed by atoms with Crippen LogP contribution in [0.4, 0.5) is 0 Å². The summed E-state index contributed by atoms with van der Waals surface area (Å²) in [4.78, 5) is 15.7. The van der Waals surface area contributed by atoms with Gasteiger partial charge in [0.2, 0.25) is 0 Å². The van der Waals surface area contributed by atoms with Gasteiger partial charge in [0.1, 0.15) is 5.54 Å². The molecule has 0 aliphatic heterocycles. The summed E-state index contributed by atoms with van der Waals surface area (Å²) in [5, 5.41) is 12.4. The molecule has 0 saturated heterocycles. The van der Waals surface area contributed by atoms with Crippen LogP contribution in [0, 0.1) is 0 Å². The van der Waals surface area contributed by atoms with Crippen molar-refractivity contribution in [3.8, 4) is 0 Å². The van der Waals surface area contributed by atoms with Crippen LogP contribution in [0.15, 0.2) is 30.6 Å². The first kappa shape index (κ1) is 14.5. The van der Waals surface area contributed by atoms with E-state index in [0.29, 0.717) is 13.0 Å². The zero-order valence-electron chi connectivity index (χ0n) is 12.0. The van der Waals surface area contributed by atoms with Gasteiger partial charge < -0.3 is 15.0 Å². The van der Waals surface area contributed by atoms with E-state index in [4.69, 9.17) is 0 Å². The van der Waals surface area contributed by atoms with Crippen molar-refractivity contribution in [2.45, 2.75) is 38.8 Å². The third kappa shape index (κ3) is 2.99. The Bertz CT molecular complexity index is 594. The van der Waals surface area contributed by atoms with Crippen LogP contribution in [0.2, 0.25) is 0 Å². The molecule has 0 aliphatic rings. The first-order valence-corrected chi connectivity index (χ1v) is 6.95. The summed E-state index contributed by atoms with van der Waals surface area (Å²) < 4.78 is 2.07. The SMILES string of the molecule is CCNC(C)(CCCn1cnc2ccccc21)C(=O)O. The van der Waals surface area contributed by atoms with Gasteiger partial charge in [-0.2, -0.15) is 0 Å². The molecule has 5 nitrogen and oxygen atoms in total. The molecule has 0 radical (unpaired) electrons. The number of aryl methyl sites for hydroxylation is 1. The number of rotatable bonds is 7. The van der Waals surface area contributed by atoms with Crippen molar-refractivity contribution in [1.29, 1.82) is 0 Å². The third-order valence-electron chi connectivity index (χ3n) is 3.64. The highest BCUT2D eigenvalue weighted by atomic mass is 16.4. The molecule has 2 N–H and O–H groups in total. The quantitative estimate of drug-likeness (QED) is 0.813. The van der Waals surface area contributed by atoms with E-state index in [1.165, 1.54) is 0 Å². The number of aromatic nitrogens is 2. The minimum Gasteiger partial charge on any atom is -0.480 e. The number of carboxylic acid groups (broad SMARTS) is 1. The fraction of sp³-hybridized carbons (Fsp3) is 0.467. The van der Waals surface area contributed by atoms with Crippen LogP contribution in [-0.4, -0.2) is 32.7 Å². The second kappa shape index (κ2) is 6.05. The molecule has 0 amide bonds. The fourth-order valence-corrected chi connectivity index (χ4v) is 2.45. The lowest BCUT2D eigenvalue weighted by atomic mass is 9.96. The first-order valence-electron chi connectivity index (χ1n) is 6.95. The molecular formula is C15H21N3O2. The molecule has 0 bridgehead atoms. The second-order valence-corrected chi connectivity index (χ2v) is 5.20. The van der Waals surface area contributed by atoms with Gasteiger partial charge in [0, 0.05) is 6.54 Å². The van der Waals surface area contributed by atoms with Crippen molar-refractivity contribution in [3.63, 3.8) is 0 Å². The lowest BCUT2D eigenvalue weighted by Gasteiger charge is -2.25. The maximum atomic E-state index is 11.3. The number of hydrogen-bond donors (Lipinski definition) is 2. The zero-order chi connectivity index (χ0) is 14.6. The maximum absolute atomic E-state index is 11.3. The van der Waals surface area contributed by atoms with E-state index in [-0.39, 0.29) is 0 Å². The van der Waals surface area contributed by atoms with E-state index in [0.717, 1.165) is 24.0 Å². The number of carboxylic acids is 1. The molecule has 1 aromatic heterocycles. The highest BCUT2D eigenvalue weighted by Gasteiger charge is 2.31. The second-order valence-electron chi connectivity index (χ2n) is 5.20. The van der Waals surface area contributed by atoms with Gasteiger partial charge in [-0.3, -0.25) is 4.79 Å². The Balaban J connectivity index is 2.00. The molecule has 0 spiro atoms. The number of likely N-dealkylation sites (N-methyl/N-ethyl adjacent to an activating group) is 1. The number of imidazole rings is 1. The molecule has 0 aliphatic carbocycles. The van der Waals surface area contributed by atoms with Gasteiger partial charge in [-0.15, -0.1) is 0 Å². The van der Waals surface area contributed by atoms with Crippen molar-refractivity contribution >= 4 is 17.0 Å². The van der Waals surface area contributed by atoms with Gasteiger partial charge >= 0.3 is 5.97 Å². The number of aliphatic carboxylic acids is 1. The lowest BCUT2D eigenvalue weighted by molar-refractivity contribution is -0.144. The Labute approximate surface area is 118 Å². The van der Waals surface area contributed by atoms with E-state index in [1.807, 2.05) is 37.5 Å². The monoisotopic (exact) mass is 275 g/mol. The van der Waals surface area contributed by atoms with E-state index in [1.54, 1.807) is 6.92 Å². The van der Waals surface area contributed by atoms with Crippen LogP contribution >= 0.6 is 0 Å². The van der Waals surface area contributed by atoms with Crippen molar-refractivity contribution in [2.24, 2.45) is 0 Å². The molecule has 108 valence electrons. The Kier molecular flexibility index (Phi) is 4.39. The molecule has 2 rings (SSSR count). The minimum atomic E-state index is -0.856. The van der Waals surface area contributed by atoms with Crippen molar-refractivity contribution in [3.05, 3.63) is 30.6 Å². The Hall–Kier alpha value is -1.88. The fourth-order valence-electron chi connectivity index (χ4n) is 2.45. The summed E-state index contributed by atoms with van der Waals surface area (Å²) in [7, 11) is 0. The zero-order valence-corrected chi connectivity index (χ0v) is 12.0. The van der Waals surface area contributed by atoms with Crippen LogP contribution in [-0.2, 0) is 11.3 Å². The summed E-state index contributed by atoms with van der Waals surface area (Å²) >= 11 is 0. The van der Waals surface area contributed by atoms with Crippen molar-refractivity contribution < 1.29 is 9.90 Å². The maximum Gasteiger partial charge on any atom is 0.323 e. The summed E-state index contributed by atoms with van der Waals surface area (Å²) in [6.07, 6.45) is 3.19. The molecule has 1 unspecified atom stereocenters. The molecule has 20 heavy (non-hydrogen) atoms. The summed E-state index contributed by atoms with van der Waals surface area (Å²) in [5.41, 5.74) is 1.21. The number of fused-ring (bicyclic) bond motifs is 1. The standard InChI is InChI=1S/C15H21N3O2/c1-3-17-15(2,14(19)20)9-6-10-18-11-16-12-7-4-5-8-13(12)18/h4-5,7-8,11,17H,3,6,9-10H2,1-2H3,(H,19,20). The van der Waals surface area contributed by atoms with Gasteiger partial charge in [-0.05, 0) is 38.4 Å². The summed E-state index contributed by atoms with van der Waals surface area (Å²) in [6, 6.07) is 7.96. The first-order chi connectivity index (χ1) is 9.57. The van der Waals surface area contributed by atoms with Gasteiger partial charge in [0.15, 0.2) is 0 Å². The van der Waals surface area contributed by atoms with E-state index >= 15 is 0 Å². The smallest absolute Gasteiger partial charge is 0.323 e. The molecule has 5 heteroatoms.